The van der Waals surface area contributed by atoms with Crippen LogP contribution in [0.5, 0.6) is 0 Å². The fourth-order valence-electron chi connectivity index (χ4n) is 1.42. The molecule has 0 unspecified atom stereocenters. The number of aldehydes is 1. The molecule has 4 atom stereocenters. The van der Waals surface area contributed by atoms with Crippen LogP contribution < -0.4 is 0 Å². The van der Waals surface area contributed by atoms with Crippen LogP contribution in [0.1, 0.15) is 0 Å². The van der Waals surface area contributed by atoms with E-state index in [4.69, 9.17) is 28.3 Å². The second kappa shape index (κ2) is 9.91. The largest absolute Gasteiger partial charge is 0.389 e. The molecule has 0 bridgehead atoms. The Kier molecular flexibility index (Phi) is 9.94. The zero-order valence-electron chi connectivity index (χ0n) is 9.82. The average Bonchev–Trinajstić information content (AvgIpc) is 2.36. The van der Waals surface area contributed by atoms with Gasteiger partial charge in [0.15, 0.2) is 6.29 Å². The first kappa shape index (κ1) is 18.0. The summed E-state index contributed by atoms with van der Waals surface area (Å²) in [5.74, 6) is 0.665. The van der Waals surface area contributed by atoms with Crippen LogP contribution >= 0.6 is 23.2 Å². The summed E-state index contributed by atoms with van der Waals surface area (Å²) in [5.41, 5.74) is 0. The number of carbonyl (C=O) groups excluding carboxylic acids is 1. The second-order valence-electron chi connectivity index (χ2n) is 3.85. The standard InChI is InChI=1S/C10H19Cl2NO5/c11-1-3-13(4-2-12)5-7(15)9(17)10(18)8(16)6-14/h6-10,15-18H,1-5H2/t7-,8-,9-,10-/m1/s1. The lowest BCUT2D eigenvalue weighted by Gasteiger charge is -2.29. The van der Waals surface area contributed by atoms with E-state index in [-0.39, 0.29) is 12.8 Å². The predicted octanol–water partition coefficient (Wildman–Crippen LogP) is -1.59. The summed E-state index contributed by atoms with van der Waals surface area (Å²) in [6.45, 7) is 0.956. The van der Waals surface area contributed by atoms with Gasteiger partial charge < -0.3 is 25.2 Å². The second-order valence-corrected chi connectivity index (χ2v) is 4.61. The van der Waals surface area contributed by atoms with Crippen molar-refractivity contribution < 1.29 is 25.2 Å². The Morgan fingerprint density at radius 1 is 1.00 bits per heavy atom. The third kappa shape index (κ3) is 6.29. The van der Waals surface area contributed by atoms with Crippen molar-refractivity contribution in [2.45, 2.75) is 24.4 Å². The lowest BCUT2D eigenvalue weighted by Crippen LogP contribution is -2.49. The van der Waals surface area contributed by atoms with Crippen LogP contribution in [0, 0.1) is 0 Å². The smallest absolute Gasteiger partial charge is 0.151 e. The SMILES string of the molecule is O=C[C@@H](O)[C@@H](O)[C@H](O)[C@H](O)CN(CCCl)CCCl. The molecule has 108 valence electrons. The molecule has 0 aromatic heterocycles. The van der Waals surface area contributed by atoms with Gasteiger partial charge in [0.05, 0.1) is 6.10 Å². The minimum atomic E-state index is -1.73. The van der Waals surface area contributed by atoms with Crippen LogP contribution in [0.2, 0.25) is 0 Å². The van der Waals surface area contributed by atoms with Gasteiger partial charge in [-0.05, 0) is 0 Å². The quantitative estimate of drug-likeness (QED) is 0.287. The fraction of sp³-hybridized carbons (Fsp3) is 0.900. The van der Waals surface area contributed by atoms with Crippen molar-refractivity contribution in [3.05, 3.63) is 0 Å². The molecule has 18 heavy (non-hydrogen) atoms. The van der Waals surface area contributed by atoms with E-state index >= 15 is 0 Å². The minimum absolute atomic E-state index is 0.0310. The lowest BCUT2D eigenvalue weighted by atomic mass is 10.0. The zero-order chi connectivity index (χ0) is 14.1. The van der Waals surface area contributed by atoms with E-state index in [1.54, 1.807) is 4.90 Å². The summed E-state index contributed by atoms with van der Waals surface area (Å²) < 4.78 is 0. The van der Waals surface area contributed by atoms with E-state index in [1.165, 1.54) is 0 Å². The van der Waals surface area contributed by atoms with Gasteiger partial charge in [-0.25, -0.2) is 0 Å². The molecule has 0 heterocycles. The molecule has 0 saturated carbocycles. The Morgan fingerprint density at radius 3 is 1.89 bits per heavy atom. The summed E-state index contributed by atoms with van der Waals surface area (Å²) >= 11 is 11.1. The molecule has 0 aliphatic carbocycles. The van der Waals surface area contributed by atoms with Gasteiger partial charge in [-0.3, -0.25) is 4.90 Å². The summed E-state index contributed by atoms with van der Waals surface area (Å²) in [5, 5.41) is 37.7. The third-order valence-electron chi connectivity index (χ3n) is 2.48. The highest BCUT2D eigenvalue weighted by Gasteiger charge is 2.30. The molecule has 0 saturated heterocycles. The monoisotopic (exact) mass is 303 g/mol. The topological polar surface area (TPSA) is 101 Å². The molecule has 0 aromatic rings. The van der Waals surface area contributed by atoms with Crippen LogP contribution in [-0.4, -0.2) is 87.4 Å². The first-order valence-corrected chi connectivity index (χ1v) is 6.56. The highest BCUT2D eigenvalue weighted by molar-refractivity contribution is 6.18. The van der Waals surface area contributed by atoms with Crippen molar-refractivity contribution in [2.24, 2.45) is 0 Å². The van der Waals surface area contributed by atoms with Crippen molar-refractivity contribution in [3.63, 3.8) is 0 Å². The summed E-state index contributed by atoms with van der Waals surface area (Å²) in [7, 11) is 0. The molecule has 6 nitrogen and oxygen atoms in total. The Hall–Kier alpha value is 0.0500. The van der Waals surface area contributed by atoms with Crippen LogP contribution in [0.15, 0.2) is 0 Å². The van der Waals surface area contributed by atoms with Gasteiger partial charge in [-0.1, -0.05) is 0 Å². The number of alkyl halides is 2. The van der Waals surface area contributed by atoms with E-state index < -0.39 is 24.4 Å². The van der Waals surface area contributed by atoms with Crippen molar-refractivity contribution in [2.75, 3.05) is 31.4 Å². The third-order valence-corrected chi connectivity index (χ3v) is 2.82. The molecule has 8 heteroatoms. The number of hydrogen-bond donors (Lipinski definition) is 4. The Morgan fingerprint density at radius 2 is 1.50 bits per heavy atom. The van der Waals surface area contributed by atoms with Crippen molar-refractivity contribution in [1.29, 1.82) is 0 Å². The summed E-state index contributed by atoms with van der Waals surface area (Å²) in [6, 6.07) is 0. The number of hydrogen-bond acceptors (Lipinski definition) is 6. The van der Waals surface area contributed by atoms with E-state index in [9.17, 15) is 20.1 Å². The molecule has 4 N–H and O–H groups in total. The first-order chi connectivity index (χ1) is 8.47. The highest BCUT2D eigenvalue weighted by atomic mass is 35.5. The van der Waals surface area contributed by atoms with E-state index in [1.807, 2.05) is 0 Å². The van der Waals surface area contributed by atoms with Gasteiger partial charge in [0.1, 0.15) is 18.3 Å². The molecule has 0 spiro atoms. The molecule has 0 aliphatic rings. The number of carbonyl (C=O) groups is 1. The molecule has 0 radical (unpaired) electrons. The van der Waals surface area contributed by atoms with Gasteiger partial charge in [0.2, 0.25) is 0 Å². The molecule has 0 fully saturated rings. The van der Waals surface area contributed by atoms with Crippen LogP contribution in [0.3, 0.4) is 0 Å². The average molecular weight is 304 g/mol. The number of aliphatic hydroxyl groups is 4. The Bertz CT molecular complexity index is 228. The summed E-state index contributed by atoms with van der Waals surface area (Å²) in [4.78, 5) is 12.0. The minimum Gasteiger partial charge on any atom is -0.389 e. The van der Waals surface area contributed by atoms with Crippen molar-refractivity contribution in [1.82, 2.24) is 4.90 Å². The van der Waals surface area contributed by atoms with Crippen molar-refractivity contribution in [3.8, 4) is 0 Å². The molecular formula is C10H19Cl2NO5. The van der Waals surface area contributed by atoms with Gasteiger partial charge in [-0.15, -0.1) is 23.2 Å². The van der Waals surface area contributed by atoms with Gasteiger partial charge in [-0.2, -0.15) is 0 Å². The fourth-order valence-corrected chi connectivity index (χ4v) is 1.89. The van der Waals surface area contributed by atoms with Crippen LogP contribution in [0.4, 0.5) is 0 Å². The molecule has 0 aliphatic heterocycles. The zero-order valence-corrected chi connectivity index (χ0v) is 11.3. The number of rotatable bonds is 10. The number of halogens is 2. The van der Waals surface area contributed by atoms with Crippen LogP contribution in [-0.2, 0) is 4.79 Å². The van der Waals surface area contributed by atoms with E-state index in [2.05, 4.69) is 0 Å². The molecule has 0 rings (SSSR count). The van der Waals surface area contributed by atoms with Gasteiger partial charge in [0, 0.05) is 31.4 Å². The van der Waals surface area contributed by atoms with Crippen LogP contribution in [0.25, 0.3) is 0 Å². The highest BCUT2D eigenvalue weighted by Crippen LogP contribution is 2.06. The molecular weight excluding hydrogens is 285 g/mol. The molecule has 0 aromatic carbocycles. The normalized spacial score (nSPS) is 18.4. The first-order valence-electron chi connectivity index (χ1n) is 5.49. The number of nitrogens with zero attached hydrogens (tertiary/aromatic N) is 1. The molecule has 0 amide bonds. The van der Waals surface area contributed by atoms with Gasteiger partial charge >= 0.3 is 0 Å². The van der Waals surface area contributed by atoms with E-state index in [0.717, 1.165) is 0 Å². The maximum atomic E-state index is 10.3. The predicted molar refractivity (Wildman–Crippen MR) is 68.0 cm³/mol. The van der Waals surface area contributed by atoms with E-state index in [0.29, 0.717) is 24.8 Å². The van der Waals surface area contributed by atoms with Crippen molar-refractivity contribution >= 4 is 29.5 Å². The number of aliphatic hydroxyl groups excluding tert-OH is 4. The maximum Gasteiger partial charge on any atom is 0.151 e. The van der Waals surface area contributed by atoms with Gasteiger partial charge in [0.25, 0.3) is 0 Å². The Labute approximate surface area is 116 Å². The summed E-state index contributed by atoms with van der Waals surface area (Å²) in [6.07, 6.45) is -6.31. The maximum absolute atomic E-state index is 10.3. The Balaban J connectivity index is 4.34. The lowest BCUT2D eigenvalue weighted by molar-refractivity contribution is -0.134.